The lowest BCUT2D eigenvalue weighted by Crippen LogP contribution is -2.25. The van der Waals surface area contributed by atoms with Crippen LogP contribution in [0.5, 0.6) is 0 Å². The quantitative estimate of drug-likeness (QED) is 0.390. The minimum Gasteiger partial charge on any atom is -0.468 e. The summed E-state index contributed by atoms with van der Waals surface area (Å²) in [5, 5.41) is 7.77. The van der Waals surface area contributed by atoms with Crippen LogP contribution in [0.25, 0.3) is 5.70 Å². The van der Waals surface area contributed by atoms with Gasteiger partial charge in [-0.05, 0) is 31.4 Å². The zero-order valence-electron chi connectivity index (χ0n) is 21.7. The summed E-state index contributed by atoms with van der Waals surface area (Å²) in [7, 11) is -2.01. The van der Waals surface area contributed by atoms with Crippen LogP contribution >= 0.6 is 11.6 Å². The number of hydrogen-bond donors (Lipinski definition) is 1. The predicted octanol–water partition coefficient (Wildman–Crippen LogP) is 5.17. The number of nitrogens with one attached hydrogen (secondary N) is 1. The Bertz CT molecular complexity index is 1140. The van der Waals surface area contributed by atoms with E-state index in [9.17, 15) is 17.6 Å². The molecule has 0 saturated carbocycles. The first-order valence-corrected chi connectivity index (χ1v) is 13.8. The van der Waals surface area contributed by atoms with Gasteiger partial charge in [0.1, 0.15) is 17.3 Å². The third-order valence-corrected chi connectivity index (χ3v) is 6.82. The SMILES string of the molecule is C=C(N/C(=C(\C)Cl)[C@H](CCC)[C@@H](C)CC)c1ccc(F)cn1.COC(=O)Cn1cc(S(C)(=O)=O)cn1. The molecule has 0 fully saturated rings. The van der Waals surface area contributed by atoms with Crippen LogP contribution in [0.4, 0.5) is 4.39 Å². The van der Waals surface area contributed by atoms with Crippen LogP contribution in [0.2, 0.25) is 0 Å². The summed E-state index contributed by atoms with van der Waals surface area (Å²) in [6.07, 6.45) is 7.98. The maximum atomic E-state index is 13.0. The van der Waals surface area contributed by atoms with Gasteiger partial charge in [0.05, 0.1) is 30.9 Å². The Morgan fingerprint density at radius 3 is 2.42 bits per heavy atom. The van der Waals surface area contributed by atoms with E-state index < -0.39 is 15.8 Å². The van der Waals surface area contributed by atoms with Crippen LogP contribution in [0.1, 0.15) is 52.7 Å². The van der Waals surface area contributed by atoms with Gasteiger partial charge in [-0.2, -0.15) is 5.10 Å². The van der Waals surface area contributed by atoms with Gasteiger partial charge < -0.3 is 10.1 Å². The fraction of sp³-hybridized carbons (Fsp3) is 0.480. The number of sulfone groups is 1. The molecule has 0 spiro atoms. The molecule has 2 rings (SSSR count). The van der Waals surface area contributed by atoms with E-state index in [1.807, 2.05) is 6.92 Å². The number of methoxy groups -OCH3 is 1. The van der Waals surface area contributed by atoms with Crippen molar-refractivity contribution >= 4 is 33.1 Å². The molecule has 0 radical (unpaired) electrons. The van der Waals surface area contributed by atoms with Crippen molar-refractivity contribution in [2.45, 2.75) is 58.4 Å². The molecule has 2 aromatic rings. The summed E-state index contributed by atoms with van der Waals surface area (Å²) < 4.78 is 40.7. The van der Waals surface area contributed by atoms with Crippen molar-refractivity contribution in [3.8, 4) is 0 Å². The molecule has 36 heavy (non-hydrogen) atoms. The Hall–Kier alpha value is -2.72. The van der Waals surface area contributed by atoms with Crippen LogP contribution < -0.4 is 5.32 Å². The van der Waals surface area contributed by atoms with Crippen LogP contribution in [-0.2, 0) is 25.9 Å². The molecule has 200 valence electrons. The summed E-state index contributed by atoms with van der Waals surface area (Å²) in [5.74, 6) is 0.0345. The van der Waals surface area contributed by atoms with Crippen molar-refractivity contribution in [3.05, 3.63) is 59.5 Å². The maximum Gasteiger partial charge on any atom is 0.327 e. The topological polar surface area (TPSA) is 103 Å². The van der Waals surface area contributed by atoms with Crippen molar-refractivity contribution in [2.75, 3.05) is 13.4 Å². The minimum atomic E-state index is -3.26. The number of carbonyl (C=O) groups excluding carboxylic acids is 1. The second-order valence-corrected chi connectivity index (χ2v) is 11.0. The van der Waals surface area contributed by atoms with Gasteiger partial charge in [-0.3, -0.25) is 14.5 Å². The standard InChI is InChI=1S/C18H26ClFN2.C7H10N2O4S/c1-6-8-16(12(3)7-2)18(13(4)19)22-14(5)17-10-9-15(20)11-21-17;1-13-7(10)5-9-4-6(3-8-9)14(2,11)12/h9-12,16,22H,5-8H2,1-4H3;3-4H,5H2,1-2H3/b18-13+;/t12-,16+;/m0./s1. The average molecular weight is 543 g/mol. The van der Waals surface area contributed by atoms with Gasteiger partial charge in [0.2, 0.25) is 0 Å². The molecule has 0 saturated heterocycles. The van der Waals surface area contributed by atoms with Crippen molar-refractivity contribution < 1.29 is 22.3 Å². The first kappa shape index (κ1) is 31.3. The van der Waals surface area contributed by atoms with Gasteiger partial charge in [-0.1, -0.05) is 51.8 Å². The van der Waals surface area contributed by atoms with E-state index in [0.29, 0.717) is 23.2 Å². The summed E-state index contributed by atoms with van der Waals surface area (Å²) in [6, 6.07) is 2.99. The Kier molecular flexibility index (Phi) is 12.8. The lowest BCUT2D eigenvalue weighted by atomic mass is 9.85. The highest BCUT2D eigenvalue weighted by Gasteiger charge is 2.22. The number of halogens is 2. The molecule has 11 heteroatoms. The van der Waals surface area contributed by atoms with Gasteiger partial charge in [0.15, 0.2) is 9.84 Å². The number of rotatable bonds is 11. The molecule has 0 unspecified atom stereocenters. The number of carbonyl (C=O) groups is 1. The first-order valence-electron chi connectivity index (χ1n) is 11.6. The molecule has 0 aliphatic carbocycles. The maximum absolute atomic E-state index is 13.0. The number of aromatic nitrogens is 3. The van der Waals surface area contributed by atoms with E-state index in [2.05, 4.69) is 47.5 Å². The monoisotopic (exact) mass is 542 g/mol. The fourth-order valence-electron chi connectivity index (χ4n) is 3.34. The summed E-state index contributed by atoms with van der Waals surface area (Å²) >= 11 is 6.33. The number of esters is 1. The predicted molar refractivity (Wildman–Crippen MR) is 140 cm³/mol. The summed E-state index contributed by atoms with van der Waals surface area (Å²) in [4.78, 5) is 15.0. The summed E-state index contributed by atoms with van der Waals surface area (Å²) in [5.41, 5.74) is 2.25. The second-order valence-electron chi connectivity index (χ2n) is 8.41. The molecule has 2 heterocycles. The first-order chi connectivity index (χ1) is 16.8. The molecule has 0 amide bonds. The Balaban J connectivity index is 0.000000397. The minimum absolute atomic E-state index is 0.0846. The van der Waals surface area contributed by atoms with Crippen LogP contribution in [0.3, 0.4) is 0 Å². The van der Waals surface area contributed by atoms with E-state index in [-0.39, 0.29) is 17.3 Å². The van der Waals surface area contributed by atoms with Gasteiger partial charge in [0, 0.05) is 29.1 Å². The number of allylic oxidation sites excluding steroid dienone is 2. The molecule has 0 bridgehead atoms. The van der Waals surface area contributed by atoms with Crippen LogP contribution in [0.15, 0.2) is 52.9 Å². The zero-order valence-corrected chi connectivity index (χ0v) is 23.3. The Labute approximate surface area is 218 Å². The largest absolute Gasteiger partial charge is 0.468 e. The molecule has 8 nitrogen and oxygen atoms in total. The highest BCUT2D eigenvalue weighted by molar-refractivity contribution is 7.90. The van der Waals surface area contributed by atoms with Crippen molar-refractivity contribution in [1.82, 2.24) is 20.1 Å². The number of hydrogen-bond acceptors (Lipinski definition) is 7. The van der Waals surface area contributed by atoms with E-state index in [1.165, 1.54) is 36.4 Å². The fourth-order valence-corrected chi connectivity index (χ4v) is 4.08. The van der Waals surface area contributed by atoms with Crippen molar-refractivity contribution in [2.24, 2.45) is 11.8 Å². The van der Waals surface area contributed by atoms with Crippen molar-refractivity contribution in [3.63, 3.8) is 0 Å². The highest BCUT2D eigenvalue weighted by Crippen LogP contribution is 2.31. The molecular weight excluding hydrogens is 507 g/mol. The average Bonchev–Trinajstić information content (AvgIpc) is 3.30. The lowest BCUT2D eigenvalue weighted by Gasteiger charge is -2.28. The molecule has 0 aromatic carbocycles. The molecular formula is C25H36ClFN4O4S. The zero-order chi connectivity index (χ0) is 27.5. The molecule has 0 aliphatic heterocycles. The molecule has 0 aliphatic rings. The number of nitrogens with zero attached hydrogens (tertiary/aromatic N) is 3. The number of pyridine rings is 1. The third-order valence-electron chi connectivity index (χ3n) is 5.55. The van der Waals surface area contributed by atoms with Gasteiger partial charge in [-0.25, -0.2) is 12.8 Å². The van der Waals surface area contributed by atoms with E-state index in [1.54, 1.807) is 6.07 Å². The van der Waals surface area contributed by atoms with E-state index in [4.69, 9.17) is 11.6 Å². The van der Waals surface area contributed by atoms with E-state index >= 15 is 0 Å². The van der Waals surface area contributed by atoms with Gasteiger partial charge in [-0.15, -0.1) is 0 Å². The lowest BCUT2D eigenvalue weighted by molar-refractivity contribution is -0.141. The van der Waals surface area contributed by atoms with E-state index in [0.717, 1.165) is 36.2 Å². The van der Waals surface area contributed by atoms with Gasteiger partial charge >= 0.3 is 5.97 Å². The molecule has 1 N–H and O–H groups in total. The second kappa shape index (κ2) is 14.7. The Morgan fingerprint density at radius 1 is 1.31 bits per heavy atom. The van der Waals surface area contributed by atoms with Crippen LogP contribution in [-0.4, -0.2) is 42.5 Å². The highest BCUT2D eigenvalue weighted by atomic mass is 35.5. The smallest absolute Gasteiger partial charge is 0.327 e. The normalized spacial score (nSPS) is 13.6. The van der Waals surface area contributed by atoms with Gasteiger partial charge in [0.25, 0.3) is 0 Å². The Morgan fingerprint density at radius 2 is 1.97 bits per heavy atom. The number of ether oxygens (including phenoxy) is 1. The molecule has 2 atom stereocenters. The van der Waals surface area contributed by atoms with Crippen LogP contribution in [0, 0.1) is 17.7 Å². The summed E-state index contributed by atoms with van der Waals surface area (Å²) in [6.45, 7) is 12.4. The molecule has 2 aromatic heterocycles. The third kappa shape index (κ3) is 10.1. The van der Waals surface area contributed by atoms with Crippen molar-refractivity contribution in [1.29, 1.82) is 0 Å².